The van der Waals surface area contributed by atoms with Gasteiger partial charge in [-0.15, -0.1) is 0 Å². The highest BCUT2D eigenvalue weighted by atomic mass is 16.5. The summed E-state index contributed by atoms with van der Waals surface area (Å²) in [5, 5.41) is 20.8. The number of anilines is 2. The molecular weight excluding hydrogens is 364 g/mol. The Bertz CT molecular complexity index is 1080. The molecule has 3 aromatic rings. The second-order valence-corrected chi connectivity index (χ2v) is 6.35. The molecule has 6 nitrogen and oxygen atoms in total. The Hall–Kier alpha value is -3.87. The molecular formula is C23H20N4O2. The quantitative estimate of drug-likeness (QED) is 0.640. The number of hydrogen-bond acceptors (Lipinski definition) is 6. The van der Waals surface area contributed by atoms with Crippen LogP contribution in [0.1, 0.15) is 28.7 Å². The summed E-state index contributed by atoms with van der Waals surface area (Å²) in [6.07, 6.45) is 2.07. The lowest BCUT2D eigenvalue weighted by molar-refractivity contribution is 0.305. The average Bonchev–Trinajstić information content (AvgIpc) is 2.72. The molecule has 29 heavy (non-hydrogen) atoms. The van der Waals surface area contributed by atoms with Crippen LogP contribution in [0.3, 0.4) is 0 Å². The molecule has 0 fully saturated rings. The number of nitriles is 1. The van der Waals surface area contributed by atoms with Crippen molar-refractivity contribution in [3.05, 3.63) is 70.9 Å². The van der Waals surface area contributed by atoms with E-state index in [-0.39, 0.29) is 6.61 Å². The predicted molar refractivity (Wildman–Crippen MR) is 111 cm³/mol. The van der Waals surface area contributed by atoms with E-state index < -0.39 is 0 Å². The van der Waals surface area contributed by atoms with Gasteiger partial charge in [0, 0.05) is 29.9 Å². The number of rotatable bonds is 5. The summed E-state index contributed by atoms with van der Waals surface area (Å²) in [4.78, 5) is 8.62. The molecule has 0 aliphatic heterocycles. The molecule has 0 bridgehead atoms. The Labute approximate surface area is 169 Å². The van der Waals surface area contributed by atoms with Gasteiger partial charge in [0.05, 0.1) is 18.2 Å². The summed E-state index contributed by atoms with van der Waals surface area (Å²) < 4.78 is 6.01. The maximum absolute atomic E-state index is 8.88. The molecule has 0 aliphatic rings. The number of hydrogen-bond donors (Lipinski definition) is 2. The van der Waals surface area contributed by atoms with Crippen molar-refractivity contribution in [2.75, 3.05) is 11.9 Å². The fourth-order valence-electron chi connectivity index (χ4n) is 2.72. The van der Waals surface area contributed by atoms with Gasteiger partial charge in [-0.25, -0.2) is 4.98 Å². The van der Waals surface area contributed by atoms with Gasteiger partial charge in [0.25, 0.3) is 0 Å². The molecule has 0 atom stereocenters. The van der Waals surface area contributed by atoms with Gasteiger partial charge in [0.2, 0.25) is 11.8 Å². The van der Waals surface area contributed by atoms with Crippen molar-refractivity contribution in [1.29, 1.82) is 5.26 Å². The molecule has 2 N–H and O–H groups in total. The molecule has 0 amide bonds. The third-order valence-electron chi connectivity index (χ3n) is 4.04. The normalized spacial score (nSPS) is 9.86. The van der Waals surface area contributed by atoms with Crippen molar-refractivity contribution >= 4 is 11.6 Å². The Balaban J connectivity index is 1.78. The highest BCUT2D eigenvalue weighted by Gasteiger charge is 2.09. The molecule has 0 saturated carbocycles. The Kier molecular flexibility index (Phi) is 6.42. The van der Waals surface area contributed by atoms with Crippen LogP contribution in [0.2, 0.25) is 0 Å². The number of aromatic nitrogens is 2. The molecule has 1 aromatic heterocycles. The smallest absolute Gasteiger partial charge is 0.230 e. The zero-order valence-corrected chi connectivity index (χ0v) is 16.2. The van der Waals surface area contributed by atoms with Crippen molar-refractivity contribution in [2.45, 2.75) is 20.3 Å². The molecule has 0 radical (unpaired) electrons. The van der Waals surface area contributed by atoms with Crippen LogP contribution in [0.15, 0.2) is 48.7 Å². The van der Waals surface area contributed by atoms with Crippen LogP contribution in [0.25, 0.3) is 0 Å². The van der Waals surface area contributed by atoms with Crippen LogP contribution in [0, 0.1) is 37.0 Å². The fourth-order valence-corrected chi connectivity index (χ4v) is 2.72. The lowest BCUT2D eigenvalue weighted by atomic mass is 10.1. The first-order chi connectivity index (χ1) is 14.1. The Morgan fingerprint density at radius 1 is 1.07 bits per heavy atom. The Morgan fingerprint density at radius 3 is 2.45 bits per heavy atom. The molecule has 3 rings (SSSR count). The molecule has 1 heterocycles. The minimum Gasteiger partial charge on any atom is -0.438 e. The third kappa shape index (κ3) is 5.32. The highest BCUT2D eigenvalue weighted by Crippen LogP contribution is 2.29. The number of nitrogens with one attached hydrogen (secondary N) is 1. The second kappa shape index (κ2) is 9.36. The second-order valence-electron chi connectivity index (χ2n) is 6.35. The maximum atomic E-state index is 8.88. The van der Waals surface area contributed by atoms with E-state index in [1.54, 1.807) is 36.5 Å². The van der Waals surface area contributed by atoms with Gasteiger partial charge >= 0.3 is 0 Å². The van der Waals surface area contributed by atoms with E-state index in [1.807, 2.05) is 26.0 Å². The molecule has 144 valence electrons. The van der Waals surface area contributed by atoms with Gasteiger partial charge in [0.15, 0.2) is 0 Å². The van der Waals surface area contributed by atoms with Gasteiger partial charge < -0.3 is 15.2 Å². The van der Waals surface area contributed by atoms with Crippen LogP contribution >= 0.6 is 0 Å². The van der Waals surface area contributed by atoms with E-state index in [1.165, 1.54) is 0 Å². The summed E-state index contributed by atoms with van der Waals surface area (Å²) in [6, 6.07) is 14.7. The number of benzene rings is 2. The first-order valence-corrected chi connectivity index (χ1v) is 9.08. The number of ether oxygens (including phenoxy) is 1. The monoisotopic (exact) mass is 384 g/mol. The van der Waals surface area contributed by atoms with E-state index in [0.29, 0.717) is 23.8 Å². The topological polar surface area (TPSA) is 91.1 Å². The van der Waals surface area contributed by atoms with E-state index in [4.69, 9.17) is 15.1 Å². The van der Waals surface area contributed by atoms with Gasteiger partial charge in [0.1, 0.15) is 5.75 Å². The van der Waals surface area contributed by atoms with Crippen LogP contribution in [-0.4, -0.2) is 21.7 Å². The van der Waals surface area contributed by atoms with Crippen molar-refractivity contribution < 1.29 is 9.84 Å². The average molecular weight is 384 g/mol. The predicted octanol–water partition coefficient (Wildman–Crippen LogP) is 4.23. The summed E-state index contributed by atoms with van der Waals surface area (Å²) in [5.41, 5.74) is 4.13. The first kappa shape index (κ1) is 19.9. The van der Waals surface area contributed by atoms with Crippen molar-refractivity contribution in [3.63, 3.8) is 0 Å². The molecule has 2 aromatic carbocycles. The fraction of sp³-hybridized carbons (Fsp3) is 0.174. The van der Waals surface area contributed by atoms with E-state index in [9.17, 15) is 0 Å². The van der Waals surface area contributed by atoms with Crippen LogP contribution in [0.4, 0.5) is 11.6 Å². The molecule has 0 spiro atoms. The largest absolute Gasteiger partial charge is 0.438 e. The lowest BCUT2D eigenvalue weighted by Crippen LogP contribution is -1.99. The minimum atomic E-state index is 0.0543. The number of aliphatic hydroxyl groups excluding tert-OH is 1. The van der Waals surface area contributed by atoms with Crippen LogP contribution in [0.5, 0.6) is 11.6 Å². The Morgan fingerprint density at radius 2 is 1.79 bits per heavy atom. The zero-order valence-electron chi connectivity index (χ0n) is 16.2. The highest BCUT2D eigenvalue weighted by molar-refractivity contribution is 5.55. The number of aliphatic hydroxyl groups is 1. The van der Waals surface area contributed by atoms with Gasteiger partial charge in [-0.05, 0) is 61.4 Å². The molecule has 6 heteroatoms. The first-order valence-electron chi connectivity index (χ1n) is 9.08. The summed E-state index contributed by atoms with van der Waals surface area (Å²) in [6.45, 7) is 3.96. The van der Waals surface area contributed by atoms with Gasteiger partial charge in [-0.2, -0.15) is 10.2 Å². The summed E-state index contributed by atoms with van der Waals surface area (Å²) >= 11 is 0. The standard InChI is InChI=1S/C23H20N4O2/c1-16-13-19(5-3-4-12-28)14-17(2)22(16)29-21-10-11-25-23(27-21)26-20-8-6-18(15-24)7-9-20/h6-11,13-14,28H,4,12H2,1-2H3,(H,25,26,27). The zero-order chi connectivity index (χ0) is 20.6. The lowest BCUT2D eigenvalue weighted by Gasteiger charge is -2.12. The molecule has 0 saturated heterocycles. The SMILES string of the molecule is Cc1cc(C#CCCO)cc(C)c1Oc1ccnc(Nc2ccc(C#N)cc2)n1. The summed E-state index contributed by atoms with van der Waals surface area (Å²) in [7, 11) is 0. The van der Waals surface area contributed by atoms with Gasteiger partial charge in [-0.3, -0.25) is 0 Å². The van der Waals surface area contributed by atoms with Crippen molar-refractivity contribution in [3.8, 4) is 29.5 Å². The van der Waals surface area contributed by atoms with E-state index in [0.717, 1.165) is 28.1 Å². The van der Waals surface area contributed by atoms with Crippen molar-refractivity contribution in [1.82, 2.24) is 9.97 Å². The van der Waals surface area contributed by atoms with E-state index in [2.05, 4.69) is 33.2 Å². The number of nitrogens with zero attached hydrogens (tertiary/aromatic N) is 3. The maximum Gasteiger partial charge on any atom is 0.230 e. The third-order valence-corrected chi connectivity index (χ3v) is 4.04. The van der Waals surface area contributed by atoms with Crippen LogP contribution in [-0.2, 0) is 0 Å². The molecule has 0 unspecified atom stereocenters. The molecule has 0 aliphatic carbocycles. The van der Waals surface area contributed by atoms with Crippen LogP contribution < -0.4 is 10.1 Å². The van der Waals surface area contributed by atoms with E-state index >= 15 is 0 Å². The summed E-state index contributed by atoms with van der Waals surface area (Å²) in [5.74, 6) is 7.50. The van der Waals surface area contributed by atoms with Gasteiger partial charge in [-0.1, -0.05) is 11.8 Å². The number of aryl methyl sites for hydroxylation is 2. The van der Waals surface area contributed by atoms with Crippen molar-refractivity contribution in [2.24, 2.45) is 0 Å². The minimum absolute atomic E-state index is 0.0543.